The highest BCUT2D eigenvalue weighted by Crippen LogP contribution is 2.16. The summed E-state index contributed by atoms with van der Waals surface area (Å²) < 4.78 is 0. The van der Waals surface area contributed by atoms with E-state index >= 15 is 0 Å². The van der Waals surface area contributed by atoms with E-state index in [0.29, 0.717) is 23.1 Å². The van der Waals surface area contributed by atoms with Crippen LogP contribution in [0.25, 0.3) is 0 Å². The van der Waals surface area contributed by atoms with Crippen LogP contribution >= 0.6 is 23.8 Å². The fourth-order valence-electron chi connectivity index (χ4n) is 1.67. The van der Waals surface area contributed by atoms with E-state index in [1.165, 1.54) is 0 Å². The predicted octanol–water partition coefficient (Wildman–Crippen LogP) is 2.41. The largest absolute Gasteiger partial charge is 0.392 e. The van der Waals surface area contributed by atoms with Gasteiger partial charge in [0.2, 0.25) is 5.91 Å². The second kappa shape index (κ2) is 7.34. The summed E-state index contributed by atoms with van der Waals surface area (Å²) in [5.41, 5.74) is 6.32. The number of nitrogens with two attached hydrogens (primary N) is 1. The van der Waals surface area contributed by atoms with Crippen LogP contribution < -0.4 is 5.73 Å². The highest BCUT2D eigenvalue weighted by atomic mass is 35.5. The Kier molecular flexibility index (Phi) is 6.09. The third-order valence-corrected chi connectivity index (χ3v) is 2.99. The number of nitrogens with zero attached hydrogens (tertiary/aromatic N) is 1. The molecule has 0 heterocycles. The second-order valence-electron chi connectivity index (χ2n) is 4.05. The van der Waals surface area contributed by atoms with Crippen molar-refractivity contribution in [3.05, 3.63) is 34.9 Å². The highest BCUT2D eigenvalue weighted by molar-refractivity contribution is 7.80. The van der Waals surface area contributed by atoms with Gasteiger partial charge in [-0.3, -0.25) is 4.79 Å². The van der Waals surface area contributed by atoms with E-state index in [4.69, 9.17) is 29.6 Å². The second-order valence-corrected chi connectivity index (χ2v) is 4.98. The number of benzene rings is 1. The number of thiocarbonyl (C=S) groups is 1. The fraction of sp³-hybridized carbons (Fsp3) is 0.385. The number of halogens is 1. The number of carbonyl (C=O) groups excluding carboxylic acids is 1. The van der Waals surface area contributed by atoms with Crippen molar-refractivity contribution in [2.24, 2.45) is 5.73 Å². The van der Waals surface area contributed by atoms with Crippen molar-refractivity contribution in [2.75, 3.05) is 13.1 Å². The molecule has 0 atom stereocenters. The van der Waals surface area contributed by atoms with Crippen LogP contribution in [0.1, 0.15) is 18.9 Å². The molecule has 1 aromatic rings. The van der Waals surface area contributed by atoms with E-state index in [0.717, 1.165) is 12.0 Å². The molecule has 0 aliphatic carbocycles. The van der Waals surface area contributed by atoms with Gasteiger partial charge in [-0.15, -0.1) is 0 Å². The summed E-state index contributed by atoms with van der Waals surface area (Å²) in [6, 6.07) is 7.34. The van der Waals surface area contributed by atoms with Crippen LogP contribution in [0.3, 0.4) is 0 Å². The Morgan fingerprint density at radius 1 is 1.44 bits per heavy atom. The molecule has 0 saturated carbocycles. The van der Waals surface area contributed by atoms with Gasteiger partial charge in [-0.2, -0.15) is 0 Å². The van der Waals surface area contributed by atoms with E-state index in [2.05, 4.69) is 0 Å². The summed E-state index contributed by atoms with van der Waals surface area (Å²) in [5, 5.41) is 0.609. The Morgan fingerprint density at radius 2 is 2.11 bits per heavy atom. The zero-order valence-corrected chi connectivity index (χ0v) is 11.9. The van der Waals surface area contributed by atoms with E-state index < -0.39 is 0 Å². The van der Waals surface area contributed by atoms with Gasteiger partial charge in [-0.25, -0.2) is 0 Å². The van der Waals surface area contributed by atoms with Crippen molar-refractivity contribution >= 4 is 34.7 Å². The molecule has 98 valence electrons. The summed E-state index contributed by atoms with van der Waals surface area (Å²) in [6.07, 6.45) is 1.15. The number of hydrogen-bond donors (Lipinski definition) is 1. The lowest BCUT2D eigenvalue weighted by Crippen LogP contribution is -2.39. The quantitative estimate of drug-likeness (QED) is 0.816. The summed E-state index contributed by atoms with van der Waals surface area (Å²) in [5.74, 6) is -0.00208. The van der Waals surface area contributed by atoms with Crippen molar-refractivity contribution in [3.8, 4) is 0 Å². The molecule has 1 aromatic carbocycles. The lowest BCUT2D eigenvalue weighted by molar-refractivity contribution is -0.129. The molecule has 0 spiro atoms. The van der Waals surface area contributed by atoms with Gasteiger partial charge in [-0.1, -0.05) is 48.9 Å². The molecule has 3 nitrogen and oxygen atoms in total. The SMILES string of the molecule is CCCN(CC(N)=S)C(=O)Cc1ccccc1Cl. The van der Waals surface area contributed by atoms with Gasteiger partial charge in [-0.05, 0) is 18.1 Å². The molecule has 0 radical (unpaired) electrons. The average molecular weight is 285 g/mol. The third kappa shape index (κ3) is 4.63. The Balaban J connectivity index is 2.72. The summed E-state index contributed by atoms with van der Waals surface area (Å²) >= 11 is 10.9. The molecule has 0 fully saturated rings. The lowest BCUT2D eigenvalue weighted by Gasteiger charge is -2.21. The first-order valence-corrected chi connectivity index (χ1v) is 6.62. The van der Waals surface area contributed by atoms with Crippen LogP contribution in [0.5, 0.6) is 0 Å². The van der Waals surface area contributed by atoms with Crippen molar-refractivity contribution in [3.63, 3.8) is 0 Å². The molecule has 5 heteroatoms. The van der Waals surface area contributed by atoms with Crippen LogP contribution in [-0.4, -0.2) is 28.9 Å². The van der Waals surface area contributed by atoms with Crippen molar-refractivity contribution < 1.29 is 4.79 Å². The first-order chi connectivity index (χ1) is 8.54. The predicted molar refractivity (Wildman–Crippen MR) is 78.8 cm³/mol. The maximum absolute atomic E-state index is 12.1. The van der Waals surface area contributed by atoms with Gasteiger partial charge < -0.3 is 10.6 Å². The topological polar surface area (TPSA) is 46.3 Å². The Hall–Kier alpha value is -1.13. The summed E-state index contributed by atoms with van der Waals surface area (Å²) in [4.78, 5) is 14.1. The molecule has 0 aromatic heterocycles. The minimum absolute atomic E-state index is 0.00208. The average Bonchev–Trinajstić information content (AvgIpc) is 2.31. The molecule has 0 aliphatic rings. The third-order valence-electron chi connectivity index (χ3n) is 2.49. The van der Waals surface area contributed by atoms with E-state index in [9.17, 15) is 4.79 Å². The van der Waals surface area contributed by atoms with E-state index in [-0.39, 0.29) is 12.3 Å². The zero-order valence-electron chi connectivity index (χ0n) is 10.4. The molecule has 0 saturated heterocycles. The number of hydrogen-bond acceptors (Lipinski definition) is 2. The monoisotopic (exact) mass is 284 g/mol. The normalized spacial score (nSPS) is 10.1. The minimum Gasteiger partial charge on any atom is -0.392 e. The van der Waals surface area contributed by atoms with Gasteiger partial charge in [0.15, 0.2) is 0 Å². The maximum Gasteiger partial charge on any atom is 0.227 e. The van der Waals surface area contributed by atoms with Gasteiger partial charge in [0.05, 0.1) is 18.0 Å². The van der Waals surface area contributed by atoms with E-state index in [1.807, 2.05) is 25.1 Å². The smallest absolute Gasteiger partial charge is 0.227 e. The summed E-state index contributed by atoms with van der Waals surface area (Å²) in [7, 11) is 0. The molecular formula is C13H17ClN2OS. The van der Waals surface area contributed by atoms with Crippen LogP contribution in [0, 0.1) is 0 Å². The van der Waals surface area contributed by atoms with Crippen molar-refractivity contribution in [1.82, 2.24) is 4.90 Å². The van der Waals surface area contributed by atoms with Crippen LogP contribution in [0.4, 0.5) is 0 Å². The number of carbonyl (C=O) groups is 1. The lowest BCUT2D eigenvalue weighted by atomic mass is 10.1. The maximum atomic E-state index is 12.1. The molecule has 0 aliphatic heterocycles. The van der Waals surface area contributed by atoms with Crippen LogP contribution in [0.15, 0.2) is 24.3 Å². The Morgan fingerprint density at radius 3 is 2.67 bits per heavy atom. The Labute approximate surface area is 118 Å². The van der Waals surface area contributed by atoms with Crippen LogP contribution in [0.2, 0.25) is 5.02 Å². The van der Waals surface area contributed by atoms with Gasteiger partial charge in [0.25, 0.3) is 0 Å². The van der Waals surface area contributed by atoms with E-state index in [1.54, 1.807) is 11.0 Å². The van der Waals surface area contributed by atoms with Gasteiger partial charge >= 0.3 is 0 Å². The Bertz CT molecular complexity index is 437. The van der Waals surface area contributed by atoms with Crippen molar-refractivity contribution in [2.45, 2.75) is 19.8 Å². The zero-order chi connectivity index (χ0) is 13.5. The standard InChI is InChI=1S/C13H17ClN2OS/c1-2-7-16(9-12(15)18)13(17)8-10-5-3-4-6-11(10)14/h3-6H,2,7-9H2,1H3,(H2,15,18). The minimum atomic E-state index is -0.00208. The van der Waals surface area contributed by atoms with Crippen molar-refractivity contribution in [1.29, 1.82) is 0 Å². The molecule has 18 heavy (non-hydrogen) atoms. The molecule has 0 bridgehead atoms. The molecule has 2 N–H and O–H groups in total. The first kappa shape index (κ1) is 14.9. The first-order valence-electron chi connectivity index (χ1n) is 5.84. The van der Waals surface area contributed by atoms with Gasteiger partial charge in [0.1, 0.15) is 0 Å². The summed E-state index contributed by atoms with van der Waals surface area (Å²) in [6.45, 7) is 2.99. The fourth-order valence-corrected chi connectivity index (χ4v) is 2.02. The number of amides is 1. The molecule has 1 amide bonds. The highest BCUT2D eigenvalue weighted by Gasteiger charge is 2.15. The molecule has 0 unspecified atom stereocenters. The molecular weight excluding hydrogens is 268 g/mol. The molecule has 1 rings (SSSR count). The van der Waals surface area contributed by atoms with Gasteiger partial charge in [0, 0.05) is 11.6 Å². The van der Waals surface area contributed by atoms with Crippen LogP contribution in [-0.2, 0) is 11.2 Å². The number of rotatable bonds is 6.